The van der Waals surface area contributed by atoms with Crippen molar-refractivity contribution >= 4 is 34.5 Å². The number of nitrogens with zero attached hydrogens (tertiary/aromatic N) is 4. The van der Waals surface area contributed by atoms with Gasteiger partial charge in [0.15, 0.2) is 5.16 Å². The van der Waals surface area contributed by atoms with Crippen molar-refractivity contribution in [2.75, 3.05) is 31.9 Å². The van der Waals surface area contributed by atoms with Gasteiger partial charge in [0.1, 0.15) is 5.82 Å². The first kappa shape index (κ1) is 23.0. The van der Waals surface area contributed by atoms with E-state index in [1.54, 1.807) is 47.1 Å². The number of aromatic nitrogens is 2. The van der Waals surface area contributed by atoms with Crippen LogP contribution in [0.4, 0.5) is 4.39 Å². The Morgan fingerprint density at radius 3 is 2.48 bits per heavy atom. The van der Waals surface area contributed by atoms with Crippen molar-refractivity contribution in [3.8, 4) is 5.69 Å². The molecule has 0 N–H and O–H groups in total. The van der Waals surface area contributed by atoms with Crippen LogP contribution < -0.4 is 5.56 Å². The highest BCUT2D eigenvalue weighted by molar-refractivity contribution is 7.99. The number of piperazine rings is 1. The molecule has 2 amide bonds. The predicted octanol–water partition coefficient (Wildman–Crippen LogP) is 3.09. The Kier molecular flexibility index (Phi) is 7.08. The van der Waals surface area contributed by atoms with Crippen LogP contribution in [-0.2, 0) is 9.59 Å². The molecular weight excluding hydrogens is 443 g/mol. The molecule has 33 heavy (non-hydrogen) atoms. The number of fused-ring (bicyclic) bond motifs is 1. The van der Waals surface area contributed by atoms with Gasteiger partial charge in [-0.3, -0.25) is 19.0 Å². The summed E-state index contributed by atoms with van der Waals surface area (Å²) in [4.78, 5) is 45.4. The molecule has 0 saturated carbocycles. The average Bonchev–Trinajstić information content (AvgIpc) is 2.82. The van der Waals surface area contributed by atoms with Crippen LogP contribution in [-0.4, -0.2) is 63.1 Å². The molecule has 1 aromatic heterocycles. The third-order valence-corrected chi connectivity index (χ3v) is 6.68. The van der Waals surface area contributed by atoms with Gasteiger partial charge in [0, 0.05) is 45.3 Å². The first-order chi connectivity index (χ1) is 15.9. The molecule has 0 aliphatic carbocycles. The Morgan fingerprint density at radius 2 is 1.76 bits per heavy atom. The number of carbonyl (C=O) groups excluding carboxylic acids is 2. The molecule has 0 spiro atoms. The molecule has 1 fully saturated rings. The lowest BCUT2D eigenvalue weighted by molar-refractivity contribution is -0.138. The smallest absolute Gasteiger partial charge is 0.266 e. The maximum absolute atomic E-state index is 13.9. The number of hydrogen-bond acceptors (Lipinski definition) is 5. The third kappa shape index (κ3) is 5.24. The van der Waals surface area contributed by atoms with E-state index in [0.29, 0.717) is 66.5 Å². The second-order valence-electron chi connectivity index (χ2n) is 7.87. The first-order valence-corrected chi connectivity index (χ1v) is 11.9. The van der Waals surface area contributed by atoms with Crippen molar-refractivity contribution in [3.63, 3.8) is 0 Å². The van der Waals surface area contributed by atoms with Crippen LogP contribution >= 0.6 is 11.8 Å². The summed E-state index contributed by atoms with van der Waals surface area (Å²) < 4.78 is 15.3. The Balaban J connectivity index is 1.45. The molecule has 0 bridgehead atoms. The Bertz CT molecular complexity index is 1240. The number of para-hydroxylation sites is 1. The van der Waals surface area contributed by atoms with Crippen LogP contribution in [0.5, 0.6) is 0 Å². The lowest BCUT2D eigenvalue weighted by atomic mass is 10.2. The molecule has 0 radical (unpaired) electrons. The van der Waals surface area contributed by atoms with Crippen molar-refractivity contribution in [1.29, 1.82) is 0 Å². The van der Waals surface area contributed by atoms with Crippen LogP contribution in [0.1, 0.15) is 19.8 Å². The zero-order valence-electron chi connectivity index (χ0n) is 18.4. The fourth-order valence-corrected chi connectivity index (χ4v) is 4.82. The van der Waals surface area contributed by atoms with Gasteiger partial charge in [0.2, 0.25) is 11.8 Å². The topological polar surface area (TPSA) is 75.5 Å². The van der Waals surface area contributed by atoms with Gasteiger partial charge in [0.25, 0.3) is 5.56 Å². The van der Waals surface area contributed by atoms with Gasteiger partial charge in [-0.2, -0.15) is 0 Å². The van der Waals surface area contributed by atoms with E-state index in [2.05, 4.69) is 4.98 Å². The quantitative estimate of drug-likeness (QED) is 0.316. The van der Waals surface area contributed by atoms with Gasteiger partial charge in [-0.25, -0.2) is 9.37 Å². The number of hydrogen-bond donors (Lipinski definition) is 0. The molecule has 1 aliphatic rings. The lowest BCUT2D eigenvalue weighted by Gasteiger charge is -2.34. The zero-order valence-corrected chi connectivity index (χ0v) is 19.2. The van der Waals surface area contributed by atoms with Crippen molar-refractivity contribution < 1.29 is 14.0 Å². The molecule has 1 aliphatic heterocycles. The summed E-state index contributed by atoms with van der Waals surface area (Å²) in [6, 6.07) is 13.0. The molecule has 7 nitrogen and oxygen atoms in total. The zero-order chi connectivity index (χ0) is 23.4. The van der Waals surface area contributed by atoms with Gasteiger partial charge >= 0.3 is 0 Å². The summed E-state index contributed by atoms with van der Waals surface area (Å²) in [5.74, 6) is 0.247. The second-order valence-corrected chi connectivity index (χ2v) is 8.93. The van der Waals surface area contributed by atoms with Crippen LogP contribution in [0.25, 0.3) is 16.6 Å². The number of thioether (sulfide) groups is 1. The standard InChI is InChI=1S/C24H25FN4O3S/c1-17(30)27-11-13-28(14-12-27)22(31)10-5-15-33-24-26-21-9-3-2-8-20(21)23(32)29(24)19-7-4-6-18(25)16-19/h2-4,6-9,16H,5,10-15H2,1H3. The van der Waals surface area contributed by atoms with Crippen LogP contribution in [0, 0.1) is 5.82 Å². The van der Waals surface area contributed by atoms with Gasteiger partial charge in [-0.05, 0) is 36.8 Å². The molecule has 0 atom stereocenters. The van der Waals surface area contributed by atoms with E-state index in [9.17, 15) is 18.8 Å². The van der Waals surface area contributed by atoms with Crippen LogP contribution in [0.2, 0.25) is 0 Å². The molecule has 1 saturated heterocycles. The van der Waals surface area contributed by atoms with Crippen molar-refractivity contribution in [2.24, 2.45) is 0 Å². The van der Waals surface area contributed by atoms with E-state index in [1.807, 2.05) is 6.07 Å². The first-order valence-electron chi connectivity index (χ1n) is 10.9. The number of amides is 2. The molecule has 3 aromatic rings. The van der Waals surface area contributed by atoms with Gasteiger partial charge in [-0.15, -0.1) is 0 Å². The number of carbonyl (C=O) groups is 2. The van der Waals surface area contributed by atoms with E-state index in [4.69, 9.17) is 0 Å². The highest BCUT2D eigenvalue weighted by atomic mass is 32.2. The van der Waals surface area contributed by atoms with Gasteiger partial charge in [0.05, 0.1) is 16.6 Å². The third-order valence-electron chi connectivity index (χ3n) is 5.66. The molecule has 9 heteroatoms. The summed E-state index contributed by atoms with van der Waals surface area (Å²) in [5.41, 5.74) is 0.741. The van der Waals surface area contributed by atoms with E-state index in [1.165, 1.54) is 28.5 Å². The second kappa shape index (κ2) is 10.2. The summed E-state index contributed by atoms with van der Waals surface area (Å²) in [6.07, 6.45) is 0.993. The van der Waals surface area contributed by atoms with Crippen molar-refractivity contribution in [1.82, 2.24) is 19.4 Å². The minimum Gasteiger partial charge on any atom is -0.339 e. The van der Waals surface area contributed by atoms with Crippen molar-refractivity contribution in [2.45, 2.75) is 24.9 Å². The molecule has 172 valence electrons. The normalized spacial score (nSPS) is 14.0. The van der Waals surface area contributed by atoms with E-state index < -0.39 is 5.82 Å². The predicted molar refractivity (Wildman–Crippen MR) is 126 cm³/mol. The summed E-state index contributed by atoms with van der Waals surface area (Å²) in [6.45, 7) is 3.78. The summed E-state index contributed by atoms with van der Waals surface area (Å²) in [7, 11) is 0. The van der Waals surface area contributed by atoms with Crippen LogP contribution in [0.15, 0.2) is 58.5 Å². The van der Waals surface area contributed by atoms with Crippen molar-refractivity contribution in [3.05, 3.63) is 64.7 Å². The molecule has 0 unspecified atom stereocenters. The summed E-state index contributed by atoms with van der Waals surface area (Å²) in [5, 5.41) is 0.929. The van der Waals surface area contributed by atoms with E-state index in [0.717, 1.165) is 0 Å². The Hall–Kier alpha value is -3.20. The number of halogens is 1. The summed E-state index contributed by atoms with van der Waals surface area (Å²) >= 11 is 1.38. The molecule has 2 heterocycles. The highest BCUT2D eigenvalue weighted by Gasteiger charge is 2.22. The average molecular weight is 469 g/mol. The van der Waals surface area contributed by atoms with E-state index >= 15 is 0 Å². The molecule has 2 aromatic carbocycles. The fourth-order valence-electron chi connectivity index (χ4n) is 3.87. The minimum absolute atomic E-state index is 0.0331. The number of benzene rings is 2. The van der Waals surface area contributed by atoms with Gasteiger partial charge in [-0.1, -0.05) is 30.0 Å². The maximum Gasteiger partial charge on any atom is 0.266 e. The SMILES string of the molecule is CC(=O)N1CCN(C(=O)CCCSc2nc3ccccc3c(=O)n2-c2cccc(F)c2)CC1. The fraction of sp³-hybridized carbons (Fsp3) is 0.333. The Morgan fingerprint density at radius 1 is 1.03 bits per heavy atom. The molecular formula is C24H25FN4O3S. The Labute approximate surface area is 195 Å². The van der Waals surface area contributed by atoms with Gasteiger partial charge < -0.3 is 9.80 Å². The minimum atomic E-state index is -0.432. The highest BCUT2D eigenvalue weighted by Crippen LogP contribution is 2.23. The lowest BCUT2D eigenvalue weighted by Crippen LogP contribution is -2.50. The monoisotopic (exact) mass is 468 g/mol. The number of rotatable bonds is 6. The molecule has 4 rings (SSSR count). The van der Waals surface area contributed by atoms with E-state index in [-0.39, 0.29) is 17.4 Å². The maximum atomic E-state index is 13.9. The largest absolute Gasteiger partial charge is 0.339 e. The van der Waals surface area contributed by atoms with Crippen LogP contribution in [0.3, 0.4) is 0 Å².